The number of carbonyl (C=O) groups is 3. The molecular formula is C57H113N3O5. The third-order valence-corrected chi connectivity index (χ3v) is 13.8. The van der Waals surface area contributed by atoms with Crippen LogP contribution in [0.5, 0.6) is 0 Å². The van der Waals surface area contributed by atoms with Crippen LogP contribution in [0.1, 0.15) is 300 Å². The van der Waals surface area contributed by atoms with Crippen molar-refractivity contribution >= 4 is 17.7 Å². The molecule has 386 valence electrons. The maximum Gasteiger partial charge on any atom is 0.244 e. The molecule has 0 radical (unpaired) electrons. The number of hydrogen-bond acceptors (Lipinski definition) is 5. The Morgan fingerprint density at radius 2 is 0.862 bits per heavy atom. The lowest BCUT2D eigenvalue weighted by Gasteiger charge is -2.41. The molecule has 2 atom stereocenters. The summed E-state index contributed by atoms with van der Waals surface area (Å²) >= 11 is 0. The third kappa shape index (κ3) is 38.9. The van der Waals surface area contributed by atoms with Crippen LogP contribution in [0.3, 0.4) is 0 Å². The molecule has 2 unspecified atom stereocenters. The Hall–Kier alpha value is -1.67. The van der Waals surface area contributed by atoms with E-state index in [1.807, 2.05) is 0 Å². The molecule has 0 aliphatic carbocycles. The van der Waals surface area contributed by atoms with Crippen LogP contribution < -0.4 is 16.0 Å². The second-order valence-corrected chi connectivity index (χ2v) is 22.6. The summed E-state index contributed by atoms with van der Waals surface area (Å²) in [7, 11) is 1.77. The normalized spacial score (nSPS) is 13.7. The number of rotatable bonds is 47. The van der Waals surface area contributed by atoms with Gasteiger partial charge in [-0.1, -0.05) is 214 Å². The van der Waals surface area contributed by atoms with E-state index >= 15 is 0 Å². The number of unbranched alkanes of at least 4 members (excludes halogenated alkanes) is 28. The Morgan fingerprint density at radius 3 is 1.23 bits per heavy atom. The Kier molecular flexibility index (Phi) is 38.2. The Balaban J connectivity index is 4.97. The number of amides is 3. The Labute approximate surface area is 405 Å². The molecule has 0 aromatic heterocycles. The lowest BCUT2D eigenvalue weighted by molar-refractivity contribution is -0.130. The second kappa shape index (κ2) is 39.2. The van der Waals surface area contributed by atoms with Gasteiger partial charge in [-0.15, -0.1) is 0 Å². The lowest BCUT2D eigenvalue weighted by Crippen LogP contribution is -2.57. The molecule has 0 aromatic rings. The maximum absolute atomic E-state index is 14.0. The molecule has 0 aliphatic rings. The number of hydrogen-bond donors (Lipinski definition) is 3. The second-order valence-electron chi connectivity index (χ2n) is 22.6. The zero-order valence-electron chi connectivity index (χ0n) is 45.5. The monoisotopic (exact) mass is 920 g/mol. The standard InChI is InChI=1S/C57H113N3O5/c1-12-15-17-19-21-23-25-27-29-31-33-35-37-39-41-43-51(61)58-47-50(59-52(62)44-42-40-38-36-34-32-30-28-26-24-22-20-18-16-13-2)53(63)60-55(6,7)48-54(4,5)49-56(8,9)65-46-45-57(10,14-3)64-11/h50H,12-49H2,1-11H3,(H,58,61)(H,59,62)(H,60,63). The van der Waals surface area contributed by atoms with E-state index in [4.69, 9.17) is 9.47 Å². The molecule has 8 heteroatoms. The molecule has 0 aromatic carbocycles. The number of methoxy groups -OCH3 is 1. The highest BCUT2D eigenvalue weighted by molar-refractivity contribution is 5.89. The van der Waals surface area contributed by atoms with Gasteiger partial charge in [-0.05, 0) is 78.6 Å². The van der Waals surface area contributed by atoms with Crippen molar-refractivity contribution in [2.45, 2.75) is 323 Å². The van der Waals surface area contributed by atoms with Crippen LogP contribution >= 0.6 is 0 Å². The van der Waals surface area contributed by atoms with E-state index in [9.17, 15) is 14.4 Å². The summed E-state index contributed by atoms with van der Waals surface area (Å²) in [5.74, 6) is -0.431. The van der Waals surface area contributed by atoms with Crippen LogP contribution in [0.2, 0.25) is 0 Å². The van der Waals surface area contributed by atoms with Crippen LogP contribution in [0.4, 0.5) is 0 Å². The molecule has 3 N–H and O–H groups in total. The highest BCUT2D eigenvalue weighted by Gasteiger charge is 2.37. The summed E-state index contributed by atoms with van der Waals surface area (Å²) in [5, 5.41) is 9.29. The van der Waals surface area contributed by atoms with Gasteiger partial charge in [0.1, 0.15) is 6.04 Å². The van der Waals surface area contributed by atoms with Crippen LogP contribution in [0, 0.1) is 5.41 Å². The first-order valence-electron chi connectivity index (χ1n) is 28.0. The molecule has 0 bridgehead atoms. The summed E-state index contributed by atoms with van der Waals surface area (Å²) in [4.78, 5) is 40.3. The fourth-order valence-electron chi connectivity index (χ4n) is 9.99. The van der Waals surface area contributed by atoms with E-state index in [0.717, 1.165) is 57.8 Å². The summed E-state index contributed by atoms with van der Waals surface area (Å²) in [6, 6.07) is -0.834. The van der Waals surface area contributed by atoms with Crippen molar-refractivity contribution in [3.63, 3.8) is 0 Å². The molecule has 0 aliphatic heterocycles. The molecule has 3 amide bonds. The van der Waals surface area contributed by atoms with E-state index in [2.05, 4.69) is 85.2 Å². The van der Waals surface area contributed by atoms with Crippen molar-refractivity contribution < 1.29 is 23.9 Å². The van der Waals surface area contributed by atoms with Gasteiger partial charge in [0, 0.05) is 32.0 Å². The summed E-state index contributed by atoms with van der Waals surface area (Å²) in [5.41, 5.74) is -1.25. The highest BCUT2D eigenvalue weighted by Crippen LogP contribution is 2.37. The smallest absolute Gasteiger partial charge is 0.244 e. The van der Waals surface area contributed by atoms with Gasteiger partial charge in [0.2, 0.25) is 17.7 Å². The molecule has 65 heavy (non-hydrogen) atoms. The molecule has 8 nitrogen and oxygen atoms in total. The summed E-state index contributed by atoms with van der Waals surface area (Å²) in [6.07, 6.45) is 42.5. The van der Waals surface area contributed by atoms with Gasteiger partial charge in [0.25, 0.3) is 0 Å². The third-order valence-electron chi connectivity index (χ3n) is 13.8. The van der Waals surface area contributed by atoms with Crippen LogP contribution in [-0.4, -0.2) is 60.8 Å². The van der Waals surface area contributed by atoms with E-state index in [0.29, 0.717) is 25.9 Å². The minimum Gasteiger partial charge on any atom is -0.378 e. The van der Waals surface area contributed by atoms with Crippen molar-refractivity contribution in [2.24, 2.45) is 5.41 Å². The first kappa shape index (κ1) is 63.3. The predicted molar refractivity (Wildman–Crippen MR) is 280 cm³/mol. The fraction of sp³-hybridized carbons (Fsp3) is 0.947. The quantitative estimate of drug-likeness (QED) is 0.0527. The molecule has 0 heterocycles. The zero-order valence-corrected chi connectivity index (χ0v) is 45.5. The minimum atomic E-state index is -0.834. The van der Waals surface area contributed by atoms with E-state index < -0.39 is 11.6 Å². The average molecular weight is 921 g/mol. The first-order valence-corrected chi connectivity index (χ1v) is 28.0. The molecule has 0 saturated heterocycles. The van der Waals surface area contributed by atoms with Crippen molar-refractivity contribution in [3.8, 4) is 0 Å². The molecule has 0 spiro atoms. The van der Waals surface area contributed by atoms with E-state index in [1.54, 1.807) is 7.11 Å². The van der Waals surface area contributed by atoms with Gasteiger partial charge >= 0.3 is 0 Å². The minimum absolute atomic E-state index is 0.0541. The summed E-state index contributed by atoms with van der Waals surface area (Å²) in [6.45, 7) is 22.4. The molecular weight excluding hydrogens is 807 g/mol. The van der Waals surface area contributed by atoms with Gasteiger partial charge in [-0.3, -0.25) is 14.4 Å². The van der Waals surface area contributed by atoms with Crippen LogP contribution in [-0.2, 0) is 23.9 Å². The van der Waals surface area contributed by atoms with Crippen molar-refractivity contribution in [1.29, 1.82) is 0 Å². The maximum atomic E-state index is 14.0. The highest BCUT2D eigenvalue weighted by atomic mass is 16.5. The molecule has 0 rings (SSSR count). The predicted octanol–water partition coefficient (Wildman–Crippen LogP) is 15.8. The van der Waals surface area contributed by atoms with E-state index in [-0.39, 0.29) is 40.9 Å². The lowest BCUT2D eigenvalue weighted by atomic mass is 9.73. The van der Waals surface area contributed by atoms with Crippen molar-refractivity contribution in [2.75, 3.05) is 20.3 Å². The van der Waals surface area contributed by atoms with Crippen molar-refractivity contribution in [3.05, 3.63) is 0 Å². The van der Waals surface area contributed by atoms with Crippen LogP contribution in [0.15, 0.2) is 0 Å². The Bertz CT molecular complexity index is 1150. The zero-order chi connectivity index (χ0) is 48.7. The van der Waals surface area contributed by atoms with E-state index in [1.165, 1.54) is 154 Å². The van der Waals surface area contributed by atoms with Gasteiger partial charge in [0.05, 0.1) is 17.8 Å². The first-order chi connectivity index (χ1) is 30.9. The number of nitrogens with one attached hydrogen (secondary N) is 3. The molecule has 0 saturated carbocycles. The largest absolute Gasteiger partial charge is 0.378 e. The van der Waals surface area contributed by atoms with Gasteiger partial charge in [0.15, 0.2) is 0 Å². The van der Waals surface area contributed by atoms with Crippen LogP contribution in [0.25, 0.3) is 0 Å². The van der Waals surface area contributed by atoms with Gasteiger partial charge in [-0.2, -0.15) is 0 Å². The fourth-order valence-corrected chi connectivity index (χ4v) is 9.99. The SMILES string of the molecule is CCCCCCCCCCCCCCCCCC(=O)NCC(NC(=O)CCCCCCCCCCCCCCCCC)C(=O)NC(C)(C)CC(C)(C)CC(C)(C)OCCC(C)(CC)OC. The summed E-state index contributed by atoms with van der Waals surface area (Å²) < 4.78 is 12.1. The Morgan fingerprint density at radius 1 is 0.492 bits per heavy atom. The number of ether oxygens (including phenoxy) is 2. The average Bonchev–Trinajstić information content (AvgIpc) is 3.23. The van der Waals surface area contributed by atoms with Crippen molar-refractivity contribution in [1.82, 2.24) is 16.0 Å². The molecule has 0 fully saturated rings. The van der Waals surface area contributed by atoms with Gasteiger partial charge in [-0.25, -0.2) is 0 Å². The van der Waals surface area contributed by atoms with Gasteiger partial charge < -0.3 is 25.4 Å². The number of carbonyl (C=O) groups excluding carboxylic acids is 3. The topological polar surface area (TPSA) is 106 Å².